The van der Waals surface area contributed by atoms with E-state index in [0.717, 1.165) is 0 Å². The van der Waals surface area contributed by atoms with E-state index in [1.807, 2.05) is 19.9 Å². The molecule has 0 bridgehead atoms. The molecule has 1 heterocycles. The molecule has 7 heteroatoms. The Morgan fingerprint density at radius 3 is 2.46 bits per heavy atom. The molecule has 2 aromatic rings. The molecule has 0 aliphatic carbocycles. The fraction of sp³-hybridized carbons (Fsp3) is 0.294. The fourth-order valence-corrected chi connectivity index (χ4v) is 2.02. The van der Waals surface area contributed by atoms with Crippen molar-refractivity contribution in [1.29, 1.82) is 5.26 Å². The van der Waals surface area contributed by atoms with Gasteiger partial charge >= 0.3 is 5.97 Å². The summed E-state index contributed by atoms with van der Waals surface area (Å²) < 4.78 is 6.82. The van der Waals surface area contributed by atoms with Crippen LogP contribution in [0.4, 0.5) is 5.82 Å². The lowest BCUT2D eigenvalue weighted by atomic mass is 10.1. The number of ether oxygens (including phenoxy) is 1. The molecule has 0 radical (unpaired) electrons. The summed E-state index contributed by atoms with van der Waals surface area (Å²) in [7, 11) is 0. The predicted octanol–water partition coefficient (Wildman–Crippen LogP) is 2.52. The highest BCUT2D eigenvalue weighted by Gasteiger charge is 2.20. The summed E-state index contributed by atoms with van der Waals surface area (Å²) in [6, 6.07) is 9.73. The maximum Gasteiger partial charge on any atom is 0.338 e. The number of rotatable bonds is 5. The second-order valence-electron chi connectivity index (χ2n) is 5.48. The first-order chi connectivity index (χ1) is 11.4. The van der Waals surface area contributed by atoms with Crippen molar-refractivity contribution >= 4 is 17.7 Å². The third-order valence-electron chi connectivity index (χ3n) is 3.31. The molecule has 2 rings (SSSR count). The number of carbonyl (C=O) groups is 2. The van der Waals surface area contributed by atoms with Crippen LogP contribution in [0.15, 0.2) is 36.5 Å². The lowest BCUT2D eigenvalue weighted by Gasteiger charge is -2.15. The molecule has 0 unspecified atom stereocenters. The summed E-state index contributed by atoms with van der Waals surface area (Å²) in [5, 5.41) is 15.6. The van der Waals surface area contributed by atoms with Crippen molar-refractivity contribution in [2.24, 2.45) is 0 Å². The third-order valence-corrected chi connectivity index (χ3v) is 3.31. The lowest BCUT2D eigenvalue weighted by molar-refractivity contribution is -0.123. The number of hydrogen-bond acceptors (Lipinski definition) is 5. The van der Waals surface area contributed by atoms with Crippen molar-refractivity contribution in [3.63, 3.8) is 0 Å². The zero-order valence-corrected chi connectivity index (χ0v) is 13.7. The van der Waals surface area contributed by atoms with Gasteiger partial charge in [-0.3, -0.25) is 4.79 Å². The molecule has 1 aromatic heterocycles. The standard InChI is InChI=1S/C17H18N4O3/c1-11(2)21-15(8-9-19-21)20-16(22)12(3)24-17(23)14-6-4-13(10-18)5-7-14/h4-9,11-12H,1-3H3,(H,20,22)/t12-/m1/s1. The van der Waals surface area contributed by atoms with Gasteiger partial charge < -0.3 is 10.1 Å². The minimum Gasteiger partial charge on any atom is -0.449 e. The highest BCUT2D eigenvalue weighted by molar-refractivity contribution is 5.96. The van der Waals surface area contributed by atoms with Crippen LogP contribution in [0.1, 0.15) is 42.7 Å². The first-order valence-corrected chi connectivity index (χ1v) is 7.48. The summed E-state index contributed by atoms with van der Waals surface area (Å²) in [6.45, 7) is 5.38. The van der Waals surface area contributed by atoms with Crippen LogP contribution < -0.4 is 5.32 Å². The SMILES string of the molecule is CC(C)n1nccc1NC(=O)[C@@H](C)OC(=O)c1ccc(C#N)cc1. The van der Waals surface area contributed by atoms with Gasteiger partial charge in [-0.05, 0) is 45.0 Å². The Kier molecular flexibility index (Phi) is 5.32. The number of hydrogen-bond donors (Lipinski definition) is 1. The summed E-state index contributed by atoms with van der Waals surface area (Å²) in [6.07, 6.45) is 0.618. The second kappa shape index (κ2) is 7.42. The van der Waals surface area contributed by atoms with E-state index in [1.165, 1.54) is 31.2 Å². The highest BCUT2D eigenvalue weighted by atomic mass is 16.5. The van der Waals surface area contributed by atoms with E-state index in [1.54, 1.807) is 16.9 Å². The third kappa shape index (κ3) is 3.98. The molecule has 7 nitrogen and oxygen atoms in total. The summed E-state index contributed by atoms with van der Waals surface area (Å²) in [5.74, 6) is -0.532. The van der Waals surface area contributed by atoms with Crippen LogP contribution in [-0.4, -0.2) is 27.8 Å². The van der Waals surface area contributed by atoms with Gasteiger partial charge in [0, 0.05) is 12.1 Å². The number of nitrogens with zero attached hydrogens (tertiary/aromatic N) is 3. The van der Waals surface area contributed by atoms with E-state index in [4.69, 9.17) is 10.00 Å². The highest BCUT2D eigenvalue weighted by Crippen LogP contribution is 2.14. The first kappa shape index (κ1) is 17.2. The minimum absolute atomic E-state index is 0.0896. The molecule has 0 saturated heterocycles. The van der Waals surface area contributed by atoms with Crippen molar-refractivity contribution in [3.8, 4) is 6.07 Å². The zero-order valence-electron chi connectivity index (χ0n) is 13.7. The van der Waals surface area contributed by atoms with Gasteiger partial charge in [0.15, 0.2) is 6.10 Å². The Balaban J connectivity index is 1.99. The first-order valence-electron chi connectivity index (χ1n) is 7.48. The smallest absolute Gasteiger partial charge is 0.338 e. The Morgan fingerprint density at radius 2 is 1.88 bits per heavy atom. The molecule has 0 aliphatic heterocycles. The van der Waals surface area contributed by atoms with Gasteiger partial charge in [0.25, 0.3) is 5.91 Å². The molecule has 1 atom stereocenters. The summed E-state index contributed by atoms with van der Waals surface area (Å²) >= 11 is 0. The van der Waals surface area contributed by atoms with Crippen molar-refractivity contribution in [2.45, 2.75) is 32.9 Å². The molecule has 1 amide bonds. The van der Waals surface area contributed by atoms with Crippen LogP contribution in [0.3, 0.4) is 0 Å². The summed E-state index contributed by atoms with van der Waals surface area (Å²) in [5.41, 5.74) is 0.722. The van der Waals surface area contributed by atoms with Crippen LogP contribution in [-0.2, 0) is 9.53 Å². The maximum absolute atomic E-state index is 12.2. The van der Waals surface area contributed by atoms with Crippen molar-refractivity contribution in [3.05, 3.63) is 47.7 Å². The lowest BCUT2D eigenvalue weighted by Crippen LogP contribution is -2.31. The minimum atomic E-state index is -0.969. The molecule has 0 saturated carbocycles. The van der Waals surface area contributed by atoms with E-state index < -0.39 is 18.0 Å². The topological polar surface area (TPSA) is 97.0 Å². The van der Waals surface area contributed by atoms with Gasteiger partial charge in [-0.25, -0.2) is 9.48 Å². The van der Waals surface area contributed by atoms with E-state index >= 15 is 0 Å². The molecule has 124 valence electrons. The van der Waals surface area contributed by atoms with Crippen LogP contribution in [0.2, 0.25) is 0 Å². The number of esters is 1. The second-order valence-corrected chi connectivity index (χ2v) is 5.48. The molecule has 1 N–H and O–H groups in total. The Labute approximate surface area is 139 Å². The number of carbonyl (C=O) groups excluding carboxylic acids is 2. The van der Waals surface area contributed by atoms with E-state index in [0.29, 0.717) is 11.4 Å². The van der Waals surface area contributed by atoms with E-state index in [9.17, 15) is 9.59 Å². The monoisotopic (exact) mass is 326 g/mol. The average Bonchev–Trinajstić information content (AvgIpc) is 3.03. The maximum atomic E-state index is 12.2. The quantitative estimate of drug-likeness (QED) is 0.852. The number of aromatic nitrogens is 2. The van der Waals surface area contributed by atoms with Gasteiger partial charge in [0.2, 0.25) is 0 Å². The van der Waals surface area contributed by atoms with Gasteiger partial charge in [-0.1, -0.05) is 0 Å². The number of amides is 1. The Bertz CT molecular complexity index is 772. The van der Waals surface area contributed by atoms with Crippen LogP contribution in [0, 0.1) is 11.3 Å². The molecule has 0 aliphatic rings. The largest absolute Gasteiger partial charge is 0.449 e. The van der Waals surface area contributed by atoms with E-state index in [2.05, 4.69) is 10.4 Å². The summed E-state index contributed by atoms with van der Waals surface area (Å²) in [4.78, 5) is 24.2. The Hall–Kier alpha value is -3.14. The van der Waals surface area contributed by atoms with Crippen LogP contribution in [0.25, 0.3) is 0 Å². The van der Waals surface area contributed by atoms with Gasteiger partial charge in [-0.2, -0.15) is 10.4 Å². The predicted molar refractivity (Wildman–Crippen MR) is 87.3 cm³/mol. The van der Waals surface area contributed by atoms with Crippen molar-refractivity contribution in [2.75, 3.05) is 5.32 Å². The fourth-order valence-electron chi connectivity index (χ4n) is 2.02. The number of nitrogens with one attached hydrogen (secondary N) is 1. The number of nitriles is 1. The normalized spacial score (nSPS) is 11.6. The van der Waals surface area contributed by atoms with E-state index in [-0.39, 0.29) is 11.6 Å². The van der Waals surface area contributed by atoms with Crippen LogP contribution in [0.5, 0.6) is 0 Å². The van der Waals surface area contributed by atoms with Crippen LogP contribution >= 0.6 is 0 Å². The molecule has 0 spiro atoms. The van der Waals surface area contributed by atoms with Gasteiger partial charge in [0.1, 0.15) is 5.82 Å². The Morgan fingerprint density at radius 1 is 1.21 bits per heavy atom. The molecule has 0 fully saturated rings. The van der Waals surface area contributed by atoms with Gasteiger partial charge in [-0.15, -0.1) is 0 Å². The molecular formula is C17H18N4O3. The molecule has 1 aromatic carbocycles. The molecule has 24 heavy (non-hydrogen) atoms. The number of benzene rings is 1. The molecular weight excluding hydrogens is 308 g/mol. The van der Waals surface area contributed by atoms with Gasteiger partial charge in [0.05, 0.1) is 23.4 Å². The zero-order chi connectivity index (χ0) is 17.7. The number of anilines is 1. The van der Waals surface area contributed by atoms with Crippen molar-refractivity contribution in [1.82, 2.24) is 9.78 Å². The average molecular weight is 326 g/mol. The van der Waals surface area contributed by atoms with Crippen molar-refractivity contribution < 1.29 is 14.3 Å².